The number of benzene rings is 1. The molecule has 4 nitrogen and oxygen atoms in total. The summed E-state index contributed by atoms with van der Waals surface area (Å²) in [6, 6.07) is 3.71. The van der Waals surface area contributed by atoms with E-state index < -0.39 is 11.7 Å². The number of hydrogen-bond acceptors (Lipinski definition) is 4. The Balaban J connectivity index is 2.08. The second-order valence-corrected chi connectivity index (χ2v) is 5.98. The van der Waals surface area contributed by atoms with Crippen LogP contribution in [0.4, 0.5) is 5.69 Å². The lowest BCUT2D eigenvalue weighted by molar-refractivity contribution is -0.114. The van der Waals surface area contributed by atoms with E-state index in [2.05, 4.69) is 18.8 Å². The molecule has 19 heavy (non-hydrogen) atoms. The van der Waals surface area contributed by atoms with Gasteiger partial charge in [-0.1, -0.05) is 13.8 Å². The van der Waals surface area contributed by atoms with E-state index >= 15 is 0 Å². The fraction of sp³-hybridized carbons (Fsp3) is 0.357. The maximum absolute atomic E-state index is 12.2. The van der Waals surface area contributed by atoms with Crippen molar-refractivity contribution in [2.24, 2.45) is 5.92 Å². The quantitative estimate of drug-likeness (QED) is 0.809. The molecule has 0 aliphatic carbocycles. The summed E-state index contributed by atoms with van der Waals surface area (Å²) in [6.07, 6.45) is 0.888. The second kappa shape index (κ2) is 4.42. The maximum Gasteiger partial charge on any atom is 0.299 e. The molecule has 0 spiro atoms. The molecule has 0 N–H and O–H groups in total. The number of Topliss-reactive ketones (excluding diaryl/α,β-unsaturated/α-hetero) is 1. The van der Waals surface area contributed by atoms with E-state index in [0.29, 0.717) is 18.0 Å². The lowest BCUT2D eigenvalue weighted by Gasteiger charge is -2.17. The van der Waals surface area contributed by atoms with E-state index in [1.165, 1.54) is 11.3 Å². The first-order valence-corrected chi connectivity index (χ1v) is 7.20. The largest absolute Gasteiger partial charge is 0.305 e. The number of carbonyl (C=O) groups is 2. The zero-order valence-corrected chi connectivity index (χ0v) is 11.7. The molecule has 1 aliphatic rings. The molecule has 0 bridgehead atoms. The van der Waals surface area contributed by atoms with Gasteiger partial charge in [0.05, 0.1) is 27.0 Å². The van der Waals surface area contributed by atoms with Gasteiger partial charge >= 0.3 is 0 Å². The number of anilines is 1. The summed E-state index contributed by atoms with van der Waals surface area (Å²) in [5, 5.41) is 0. The summed E-state index contributed by atoms with van der Waals surface area (Å²) < 4.78 is 0.822. The molecule has 1 aromatic heterocycles. The van der Waals surface area contributed by atoms with Gasteiger partial charge in [0, 0.05) is 6.54 Å². The van der Waals surface area contributed by atoms with Crippen molar-refractivity contribution in [3.63, 3.8) is 0 Å². The number of ketones is 1. The van der Waals surface area contributed by atoms with Crippen LogP contribution in [0.3, 0.4) is 0 Å². The van der Waals surface area contributed by atoms with Gasteiger partial charge in [0.1, 0.15) is 0 Å². The highest BCUT2D eigenvalue weighted by Gasteiger charge is 2.37. The van der Waals surface area contributed by atoms with Crippen LogP contribution in [-0.4, -0.2) is 23.2 Å². The number of fused-ring (bicyclic) bond motifs is 3. The minimum absolute atomic E-state index is 0.395. The third-order valence-corrected chi connectivity index (χ3v) is 4.22. The maximum atomic E-state index is 12.2. The number of nitrogens with zero attached hydrogens (tertiary/aromatic N) is 2. The Bertz CT molecular complexity index is 675. The summed E-state index contributed by atoms with van der Waals surface area (Å²) in [5.41, 5.74) is 3.77. The zero-order valence-electron chi connectivity index (χ0n) is 10.8. The van der Waals surface area contributed by atoms with Crippen LogP contribution in [-0.2, 0) is 4.79 Å². The second-order valence-electron chi connectivity index (χ2n) is 5.13. The molecule has 0 unspecified atom stereocenters. The number of thiazole rings is 1. The van der Waals surface area contributed by atoms with E-state index in [0.717, 1.165) is 22.3 Å². The number of amides is 1. The van der Waals surface area contributed by atoms with E-state index in [9.17, 15) is 9.59 Å². The van der Waals surface area contributed by atoms with E-state index in [1.807, 2.05) is 12.1 Å². The summed E-state index contributed by atoms with van der Waals surface area (Å²) in [7, 11) is 0. The lowest BCUT2D eigenvalue weighted by Crippen LogP contribution is -2.31. The van der Waals surface area contributed by atoms with Crippen LogP contribution in [0.15, 0.2) is 17.6 Å². The third kappa shape index (κ3) is 1.85. The van der Waals surface area contributed by atoms with Crippen molar-refractivity contribution in [1.29, 1.82) is 0 Å². The summed E-state index contributed by atoms with van der Waals surface area (Å²) in [5.74, 6) is -0.302. The Morgan fingerprint density at radius 3 is 2.84 bits per heavy atom. The van der Waals surface area contributed by atoms with Crippen molar-refractivity contribution < 1.29 is 9.59 Å². The van der Waals surface area contributed by atoms with Gasteiger partial charge in [-0.05, 0) is 24.5 Å². The molecule has 0 fully saturated rings. The molecule has 0 saturated heterocycles. The first-order chi connectivity index (χ1) is 9.09. The van der Waals surface area contributed by atoms with Gasteiger partial charge in [-0.25, -0.2) is 4.98 Å². The predicted octanol–water partition coefficient (Wildman–Crippen LogP) is 2.87. The first-order valence-electron chi connectivity index (χ1n) is 6.32. The standard InChI is InChI=1S/C14H14N2O2S/c1-8(2)5-6-16-10-4-3-9-13(19-7-15-9)11(10)12(17)14(16)18/h3-4,7-8H,5-6H2,1-2H3. The Labute approximate surface area is 115 Å². The fourth-order valence-electron chi connectivity index (χ4n) is 2.31. The Morgan fingerprint density at radius 2 is 2.11 bits per heavy atom. The molecule has 2 aromatic rings. The Hall–Kier alpha value is -1.75. The molecule has 5 heteroatoms. The molecule has 2 heterocycles. The van der Waals surface area contributed by atoms with Crippen LogP contribution in [0.5, 0.6) is 0 Å². The topological polar surface area (TPSA) is 50.3 Å². The molecule has 1 amide bonds. The smallest absolute Gasteiger partial charge is 0.299 e. The van der Waals surface area contributed by atoms with Crippen LogP contribution in [0.25, 0.3) is 10.2 Å². The first kappa shape index (κ1) is 12.3. The van der Waals surface area contributed by atoms with Crippen LogP contribution in [0.2, 0.25) is 0 Å². The van der Waals surface area contributed by atoms with Crippen molar-refractivity contribution in [3.8, 4) is 0 Å². The molecule has 0 radical (unpaired) electrons. The van der Waals surface area contributed by atoms with Gasteiger partial charge in [-0.3, -0.25) is 9.59 Å². The summed E-state index contributed by atoms with van der Waals surface area (Å²) >= 11 is 1.41. The summed E-state index contributed by atoms with van der Waals surface area (Å²) in [4.78, 5) is 30.1. The number of rotatable bonds is 3. The number of carbonyl (C=O) groups excluding carboxylic acids is 2. The molecule has 0 saturated carbocycles. The molecule has 0 atom stereocenters. The van der Waals surface area contributed by atoms with Gasteiger partial charge < -0.3 is 4.90 Å². The van der Waals surface area contributed by atoms with Gasteiger partial charge in [0.15, 0.2) is 0 Å². The predicted molar refractivity (Wildman–Crippen MR) is 75.8 cm³/mol. The van der Waals surface area contributed by atoms with Gasteiger partial charge in [-0.15, -0.1) is 11.3 Å². The Kier molecular flexibility index (Phi) is 2.86. The van der Waals surface area contributed by atoms with Gasteiger partial charge in [-0.2, -0.15) is 0 Å². The SMILES string of the molecule is CC(C)CCN1C(=O)C(=O)c2c1ccc1ncsc21. The van der Waals surface area contributed by atoms with Crippen LogP contribution < -0.4 is 4.90 Å². The van der Waals surface area contributed by atoms with Gasteiger partial charge in [0.25, 0.3) is 11.7 Å². The van der Waals surface area contributed by atoms with Crippen molar-refractivity contribution in [3.05, 3.63) is 23.2 Å². The monoisotopic (exact) mass is 274 g/mol. The van der Waals surface area contributed by atoms with Crippen LogP contribution >= 0.6 is 11.3 Å². The highest BCUT2D eigenvalue weighted by atomic mass is 32.1. The van der Waals surface area contributed by atoms with Crippen molar-refractivity contribution in [1.82, 2.24) is 4.98 Å². The minimum Gasteiger partial charge on any atom is -0.305 e. The van der Waals surface area contributed by atoms with E-state index in [1.54, 1.807) is 10.4 Å². The molecule has 3 rings (SSSR count). The summed E-state index contributed by atoms with van der Waals surface area (Å²) in [6.45, 7) is 4.81. The average molecular weight is 274 g/mol. The Morgan fingerprint density at radius 1 is 1.32 bits per heavy atom. The lowest BCUT2D eigenvalue weighted by atomic mass is 10.1. The average Bonchev–Trinajstić information content (AvgIpc) is 2.92. The normalized spacial score (nSPS) is 14.8. The molecule has 1 aliphatic heterocycles. The van der Waals surface area contributed by atoms with Gasteiger partial charge in [0.2, 0.25) is 0 Å². The number of hydrogen-bond donors (Lipinski definition) is 0. The van der Waals surface area contributed by atoms with Crippen molar-refractivity contribution in [2.75, 3.05) is 11.4 Å². The van der Waals surface area contributed by atoms with Crippen molar-refractivity contribution >= 4 is 38.9 Å². The van der Waals surface area contributed by atoms with Crippen molar-refractivity contribution in [2.45, 2.75) is 20.3 Å². The molecule has 98 valence electrons. The minimum atomic E-state index is -0.406. The molecule has 1 aromatic carbocycles. The van der Waals surface area contributed by atoms with Crippen LogP contribution in [0, 0.1) is 5.92 Å². The molecular weight excluding hydrogens is 260 g/mol. The molecular formula is C14H14N2O2S. The van der Waals surface area contributed by atoms with Crippen LogP contribution in [0.1, 0.15) is 30.6 Å². The van der Waals surface area contributed by atoms with E-state index in [-0.39, 0.29) is 0 Å². The zero-order chi connectivity index (χ0) is 13.6. The van der Waals surface area contributed by atoms with E-state index in [4.69, 9.17) is 0 Å². The fourth-order valence-corrected chi connectivity index (χ4v) is 3.14. The third-order valence-electron chi connectivity index (χ3n) is 3.36. The highest BCUT2D eigenvalue weighted by molar-refractivity contribution is 7.17. The highest BCUT2D eigenvalue weighted by Crippen LogP contribution is 2.36. The number of aromatic nitrogens is 1.